The minimum Gasteiger partial charge on any atom is -0.484 e. The number of para-hydroxylation sites is 1. The van der Waals surface area contributed by atoms with E-state index < -0.39 is 0 Å². The minimum atomic E-state index is -0.327. The summed E-state index contributed by atoms with van der Waals surface area (Å²) >= 11 is 7.45. The van der Waals surface area contributed by atoms with Gasteiger partial charge in [0.2, 0.25) is 5.91 Å². The number of hydrogen-bond acceptors (Lipinski definition) is 5. The predicted octanol–water partition coefficient (Wildman–Crippen LogP) is 2.01. The van der Waals surface area contributed by atoms with Crippen molar-refractivity contribution < 1.29 is 9.53 Å². The molecule has 1 aromatic heterocycles. The molecule has 0 radical (unpaired) electrons. The second kappa shape index (κ2) is 7.33. The van der Waals surface area contributed by atoms with Crippen LogP contribution in [0.1, 0.15) is 12.2 Å². The van der Waals surface area contributed by atoms with Crippen LogP contribution in [0.15, 0.2) is 29.4 Å². The van der Waals surface area contributed by atoms with Crippen molar-refractivity contribution in [2.75, 3.05) is 5.75 Å². The number of amides is 1. The zero-order chi connectivity index (χ0) is 15.2. The van der Waals surface area contributed by atoms with Crippen molar-refractivity contribution in [1.29, 1.82) is 0 Å². The number of benzene rings is 1. The number of rotatable bonds is 7. The average molecular weight is 327 g/mol. The lowest BCUT2D eigenvalue weighted by molar-refractivity contribution is -0.117. The van der Waals surface area contributed by atoms with Gasteiger partial charge in [0.1, 0.15) is 12.4 Å². The number of carbonyl (C=O) groups is 1. The van der Waals surface area contributed by atoms with Crippen LogP contribution in [0.4, 0.5) is 0 Å². The summed E-state index contributed by atoms with van der Waals surface area (Å²) < 4.78 is 7.44. The topological polar surface area (TPSA) is 83.0 Å². The number of primary amides is 1. The predicted molar refractivity (Wildman–Crippen MR) is 81.3 cm³/mol. The summed E-state index contributed by atoms with van der Waals surface area (Å²) in [7, 11) is 1.85. The average Bonchev–Trinajstić information content (AvgIpc) is 2.79. The van der Waals surface area contributed by atoms with Gasteiger partial charge in [-0.05, 0) is 12.1 Å². The van der Waals surface area contributed by atoms with E-state index in [0.717, 1.165) is 0 Å². The molecule has 2 N–H and O–H groups in total. The first-order chi connectivity index (χ1) is 10.1. The van der Waals surface area contributed by atoms with Crippen LogP contribution < -0.4 is 10.5 Å². The molecule has 2 rings (SSSR count). The van der Waals surface area contributed by atoms with Crippen molar-refractivity contribution in [3.8, 4) is 5.75 Å². The Morgan fingerprint density at radius 1 is 1.43 bits per heavy atom. The number of hydrogen-bond donors (Lipinski definition) is 1. The molecule has 0 aliphatic heterocycles. The van der Waals surface area contributed by atoms with Gasteiger partial charge in [-0.25, -0.2) is 0 Å². The smallest absolute Gasteiger partial charge is 0.218 e. The number of nitrogens with zero attached hydrogens (tertiary/aromatic N) is 3. The van der Waals surface area contributed by atoms with Crippen LogP contribution in [0.25, 0.3) is 0 Å². The number of carbonyl (C=O) groups excluding carboxylic acids is 1. The standard InChI is InChI=1S/C13H15ClN4O2S/c1-18-12(8-20-10-5-3-2-4-9(10)14)16-17-13(18)21-7-6-11(15)19/h2-5H,6-8H2,1H3,(H2,15,19). The lowest BCUT2D eigenvalue weighted by atomic mass is 10.3. The van der Waals surface area contributed by atoms with Crippen LogP contribution in [0, 0.1) is 0 Å². The molecule has 0 aliphatic rings. The van der Waals surface area contributed by atoms with Crippen LogP contribution >= 0.6 is 23.4 Å². The molecule has 0 bridgehead atoms. The Labute approximate surface area is 131 Å². The van der Waals surface area contributed by atoms with E-state index in [0.29, 0.717) is 33.9 Å². The summed E-state index contributed by atoms with van der Waals surface area (Å²) in [5.41, 5.74) is 5.10. The SMILES string of the molecule is Cn1c(COc2ccccc2Cl)nnc1SCCC(N)=O. The van der Waals surface area contributed by atoms with Gasteiger partial charge in [0.15, 0.2) is 11.0 Å². The van der Waals surface area contributed by atoms with Crippen LogP contribution in [0.2, 0.25) is 5.02 Å². The molecule has 21 heavy (non-hydrogen) atoms. The van der Waals surface area contributed by atoms with Gasteiger partial charge >= 0.3 is 0 Å². The van der Waals surface area contributed by atoms with Gasteiger partial charge < -0.3 is 15.0 Å². The van der Waals surface area contributed by atoms with Gasteiger partial charge in [-0.2, -0.15) is 0 Å². The summed E-state index contributed by atoms with van der Waals surface area (Å²) in [6.45, 7) is 0.267. The molecular formula is C13H15ClN4O2S. The Morgan fingerprint density at radius 2 is 2.19 bits per heavy atom. The van der Waals surface area contributed by atoms with E-state index in [9.17, 15) is 4.79 Å². The van der Waals surface area contributed by atoms with Gasteiger partial charge in [-0.15, -0.1) is 10.2 Å². The fraction of sp³-hybridized carbons (Fsp3) is 0.308. The summed E-state index contributed by atoms with van der Waals surface area (Å²) in [6.07, 6.45) is 0.309. The molecule has 0 atom stereocenters. The van der Waals surface area contributed by atoms with Crippen molar-refractivity contribution in [2.45, 2.75) is 18.2 Å². The highest BCUT2D eigenvalue weighted by Gasteiger charge is 2.11. The van der Waals surface area contributed by atoms with E-state index in [2.05, 4.69) is 10.2 Å². The quantitative estimate of drug-likeness (QED) is 0.787. The Balaban J connectivity index is 1.94. The van der Waals surface area contributed by atoms with E-state index in [1.54, 1.807) is 12.1 Å². The molecule has 2 aromatic rings. The third kappa shape index (κ3) is 4.37. The van der Waals surface area contributed by atoms with E-state index >= 15 is 0 Å². The number of thioether (sulfide) groups is 1. The zero-order valence-corrected chi connectivity index (χ0v) is 13.0. The molecule has 0 saturated heterocycles. The van der Waals surface area contributed by atoms with Crippen molar-refractivity contribution in [3.63, 3.8) is 0 Å². The van der Waals surface area contributed by atoms with Gasteiger partial charge in [0.05, 0.1) is 5.02 Å². The van der Waals surface area contributed by atoms with E-state index in [4.69, 9.17) is 22.1 Å². The molecule has 1 aromatic carbocycles. The number of nitrogens with two attached hydrogens (primary N) is 1. The molecule has 0 fully saturated rings. The first-order valence-electron chi connectivity index (χ1n) is 6.24. The second-order valence-corrected chi connectivity index (χ2v) is 5.71. The fourth-order valence-corrected chi connectivity index (χ4v) is 2.62. The lowest BCUT2D eigenvalue weighted by Crippen LogP contribution is -2.11. The summed E-state index contributed by atoms with van der Waals surface area (Å²) in [4.78, 5) is 10.7. The number of aromatic nitrogens is 3. The summed E-state index contributed by atoms with van der Waals surface area (Å²) in [5, 5.41) is 9.39. The molecule has 1 heterocycles. The maximum absolute atomic E-state index is 10.7. The van der Waals surface area contributed by atoms with Crippen LogP contribution in [0.3, 0.4) is 0 Å². The molecule has 6 nitrogen and oxygen atoms in total. The highest BCUT2D eigenvalue weighted by atomic mass is 35.5. The molecule has 0 aliphatic carbocycles. The molecular weight excluding hydrogens is 312 g/mol. The number of ether oxygens (including phenoxy) is 1. The Bertz CT molecular complexity index is 632. The first-order valence-corrected chi connectivity index (χ1v) is 7.61. The number of halogens is 1. The molecule has 0 saturated carbocycles. The van der Waals surface area contributed by atoms with Gasteiger partial charge in [-0.1, -0.05) is 35.5 Å². The molecule has 112 valence electrons. The zero-order valence-electron chi connectivity index (χ0n) is 11.5. The third-order valence-corrected chi connectivity index (χ3v) is 4.03. The maximum Gasteiger partial charge on any atom is 0.218 e. The summed E-state index contributed by atoms with van der Waals surface area (Å²) in [6, 6.07) is 7.24. The van der Waals surface area contributed by atoms with Crippen molar-refractivity contribution in [2.24, 2.45) is 12.8 Å². The van der Waals surface area contributed by atoms with Crippen LogP contribution in [0.5, 0.6) is 5.75 Å². The highest BCUT2D eigenvalue weighted by Crippen LogP contribution is 2.24. The Kier molecular flexibility index (Phi) is 5.46. The van der Waals surface area contributed by atoms with E-state index in [1.165, 1.54) is 11.8 Å². The highest BCUT2D eigenvalue weighted by molar-refractivity contribution is 7.99. The molecule has 8 heteroatoms. The van der Waals surface area contributed by atoms with Crippen LogP contribution in [-0.4, -0.2) is 26.4 Å². The normalized spacial score (nSPS) is 10.6. The Morgan fingerprint density at radius 3 is 2.90 bits per heavy atom. The van der Waals surface area contributed by atoms with E-state index in [1.807, 2.05) is 23.7 Å². The van der Waals surface area contributed by atoms with Gasteiger partial charge in [0.25, 0.3) is 0 Å². The second-order valence-electron chi connectivity index (χ2n) is 4.24. The first kappa shape index (κ1) is 15.7. The maximum atomic E-state index is 10.7. The van der Waals surface area contributed by atoms with Crippen molar-refractivity contribution in [3.05, 3.63) is 35.1 Å². The van der Waals surface area contributed by atoms with Crippen molar-refractivity contribution in [1.82, 2.24) is 14.8 Å². The molecule has 0 unspecified atom stereocenters. The fourth-order valence-electron chi connectivity index (χ4n) is 1.54. The molecule has 1 amide bonds. The van der Waals surface area contributed by atoms with E-state index in [-0.39, 0.29) is 12.5 Å². The summed E-state index contributed by atoms with van der Waals surface area (Å²) in [5.74, 6) is 1.53. The lowest BCUT2D eigenvalue weighted by Gasteiger charge is -2.07. The monoisotopic (exact) mass is 326 g/mol. The minimum absolute atomic E-state index is 0.267. The van der Waals surface area contributed by atoms with Gasteiger partial charge in [-0.3, -0.25) is 4.79 Å². The van der Waals surface area contributed by atoms with Gasteiger partial charge in [0, 0.05) is 19.2 Å². The molecule has 0 spiro atoms. The largest absolute Gasteiger partial charge is 0.484 e. The van der Waals surface area contributed by atoms with Crippen molar-refractivity contribution >= 4 is 29.3 Å². The third-order valence-electron chi connectivity index (χ3n) is 2.70. The van der Waals surface area contributed by atoms with Crippen LogP contribution in [-0.2, 0) is 18.4 Å². The Hall–Kier alpha value is -1.73.